The monoisotopic (exact) mass is 458 g/mol. The first-order valence-corrected chi connectivity index (χ1v) is 8.50. The smallest absolute Gasteiger partial charge is 0.317 e. The van der Waals surface area contributed by atoms with E-state index in [-0.39, 0.29) is 11.6 Å². The second kappa shape index (κ2) is 11.3. The number of phenolic OH excluding ortho intramolecular Hbond substituents is 3. The molecule has 0 amide bonds. The van der Waals surface area contributed by atoms with Crippen LogP contribution >= 0.6 is 9.24 Å². The second-order valence-corrected chi connectivity index (χ2v) is 6.11. The Morgan fingerprint density at radius 3 is 1.71 bits per heavy atom. The minimum atomic E-state index is -0.887. The number of nitro benzene ring substituents is 2. The van der Waals surface area contributed by atoms with Crippen LogP contribution in [0.3, 0.4) is 0 Å². The van der Waals surface area contributed by atoms with Crippen LogP contribution in [0.4, 0.5) is 24.5 Å². The summed E-state index contributed by atoms with van der Waals surface area (Å²) in [5, 5.41) is 47.2. The zero-order valence-electron chi connectivity index (χ0n) is 15.3. The summed E-state index contributed by atoms with van der Waals surface area (Å²) < 4.78 is 36.3. The highest BCUT2D eigenvalue weighted by Crippen LogP contribution is 2.29. The summed E-state index contributed by atoms with van der Waals surface area (Å²) in [6, 6.07) is 8.91. The van der Waals surface area contributed by atoms with E-state index in [1.165, 1.54) is 18.2 Å². The number of halogens is 3. The van der Waals surface area contributed by atoms with Gasteiger partial charge in [0.1, 0.15) is 17.4 Å². The van der Waals surface area contributed by atoms with Crippen molar-refractivity contribution >= 4 is 25.9 Å². The summed E-state index contributed by atoms with van der Waals surface area (Å²) in [5.74, 6) is -2.94. The lowest BCUT2D eigenvalue weighted by atomic mass is 10.2. The van der Waals surface area contributed by atoms with Gasteiger partial charge in [-0.3, -0.25) is 20.2 Å². The van der Waals surface area contributed by atoms with Gasteiger partial charge in [0.05, 0.1) is 15.9 Å². The summed E-state index contributed by atoms with van der Waals surface area (Å²) >= 11 is 0. The van der Waals surface area contributed by atoms with Gasteiger partial charge in [-0.05, 0) is 36.4 Å². The fourth-order valence-electron chi connectivity index (χ4n) is 1.78. The van der Waals surface area contributed by atoms with Crippen molar-refractivity contribution in [3.8, 4) is 17.2 Å². The molecule has 0 aliphatic heterocycles. The van der Waals surface area contributed by atoms with Crippen LogP contribution in [0.25, 0.3) is 0 Å². The normalized spacial score (nSPS) is 9.55. The standard InChI is InChI=1S/C6H4F2O.C6H6FOP.C6H4N2O5/c2*7-4-1-2-5(8)6(9)3-4;9-6-2-1-4(7(10)11)3-5(6)8(12)13/h1-3,9H;1-3,8H,9H2;1-3,9H. The third-order valence-electron chi connectivity index (χ3n) is 3.26. The van der Waals surface area contributed by atoms with Crippen LogP contribution in [0.15, 0.2) is 54.6 Å². The van der Waals surface area contributed by atoms with E-state index in [2.05, 4.69) is 9.24 Å². The van der Waals surface area contributed by atoms with Crippen molar-refractivity contribution in [1.29, 1.82) is 0 Å². The lowest BCUT2D eigenvalue weighted by Gasteiger charge is -1.94. The van der Waals surface area contributed by atoms with Gasteiger partial charge in [-0.2, -0.15) is 0 Å². The van der Waals surface area contributed by atoms with Crippen molar-refractivity contribution < 1.29 is 38.3 Å². The Morgan fingerprint density at radius 1 is 0.710 bits per heavy atom. The summed E-state index contributed by atoms with van der Waals surface area (Å²) in [6.07, 6.45) is 0. The van der Waals surface area contributed by atoms with Gasteiger partial charge in [-0.1, -0.05) is 0 Å². The Balaban J connectivity index is 0.000000239. The van der Waals surface area contributed by atoms with Gasteiger partial charge in [0, 0.05) is 17.4 Å². The average molecular weight is 458 g/mol. The number of rotatable bonds is 2. The molecule has 0 aliphatic rings. The molecule has 164 valence electrons. The molecule has 9 nitrogen and oxygen atoms in total. The van der Waals surface area contributed by atoms with Gasteiger partial charge in [0.2, 0.25) is 0 Å². The SMILES string of the molecule is O=[N+]([O-])c1ccc(O)c([N+](=O)[O-])c1.Oc1cc(F)ccc1F.Oc1ccc(F)cc1P. The van der Waals surface area contributed by atoms with E-state index in [9.17, 15) is 33.4 Å². The van der Waals surface area contributed by atoms with Crippen LogP contribution in [-0.2, 0) is 0 Å². The molecular formula is C18H14F3N2O7P. The van der Waals surface area contributed by atoms with Gasteiger partial charge in [0.15, 0.2) is 17.3 Å². The summed E-state index contributed by atoms with van der Waals surface area (Å²) in [4.78, 5) is 18.7. The molecule has 0 bridgehead atoms. The molecule has 3 aromatic carbocycles. The summed E-state index contributed by atoms with van der Waals surface area (Å²) in [7, 11) is 2.23. The first-order valence-electron chi connectivity index (χ1n) is 7.92. The quantitative estimate of drug-likeness (QED) is 0.300. The first kappa shape index (κ1) is 25.1. The predicted molar refractivity (Wildman–Crippen MR) is 107 cm³/mol. The fraction of sp³-hybridized carbons (Fsp3) is 0. The van der Waals surface area contributed by atoms with Gasteiger partial charge in [-0.15, -0.1) is 9.24 Å². The molecule has 13 heteroatoms. The molecule has 0 spiro atoms. The van der Waals surface area contributed by atoms with Crippen molar-refractivity contribution in [2.45, 2.75) is 0 Å². The van der Waals surface area contributed by atoms with Crippen molar-refractivity contribution in [1.82, 2.24) is 0 Å². The minimum absolute atomic E-state index is 0.0985. The average Bonchev–Trinajstić information content (AvgIpc) is 2.69. The number of phenols is 3. The molecule has 31 heavy (non-hydrogen) atoms. The maximum absolute atomic E-state index is 12.2. The predicted octanol–water partition coefficient (Wildman–Crippen LogP) is 3.91. The molecular weight excluding hydrogens is 444 g/mol. The largest absolute Gasteiger partial charge is 0.507 e. The van der Waals surface area contributed by atoms with Crippen LogP contribution in [0, 0.1) is 37.7 Å². The molecule has 0 saturated carbocycles. The molecule has 3 N–H and O–H groups in total. The third-order valence-corrected chi connectivity index (χ3v) is 3.73. The molecule has 0 aliphatic carbocycles. The molecule has 0 fully saturated rings. The van der Waals surface area contributed by atoms with Crippen LogP contribution in [0.1, 0.15) is 0 Å². The Labute approximate surface area is 174 Å². The van der Waals surface area contributed by atoms with Crippen molar-refractivity contribution in [2.75, 3.05) is 0 Å². The molecule has 0 heterocycles. The molecule has 0 aromatic heterocycles. The van der Waals surface area contributed by atoms with E-state index in [1.54, 1.807) is 0 Å². The van der Waals surface area contributed by atoms with Crippen LogP contribution in [0.5, 0.6) is 17.2 Å². The lowest BCUT2D eigenvalue weighted by Crippen LogP contribution is -1.92. The van der Waals surface area contributed by atoms with Gasteiger partial charge in [-0.25, -0.2) is 13.2 Å². The van der Waals surface area contributed by atoms with Crippen molar-refractivity contribution in [3.63, 3.8) is 0 Å². The van der Waals surface area contributed by atoms with Crippen LogP contribution in [-0.4, -0.2) is 25.2 Å². The topological polar surface area (TPSA) is 147 Å². The zero-order chi connectivity index (χ0) is 23.7. The molecule has 1 unspecified atom stereocenters. The van der Waals surface area contributed by atoms with Gasteiger partial charge < -0.3 is 15.3 Å². The number of non-ortho nitro benzene ring substituents is 1. The maximum atomic E-state index is 12.2. The Hall–Kier alpha value is -3.92. The highest BCUT2D eigenvalue weighted by atomic mass is 31.0. The van der Waals surface area contributed by atoms with E-state index < -0.39 is 44.4 Å². The Morgan fingerprint density at radius 2 is 1.26 bits per heavy atom. The highest BCUT2D eigenvalue weighted by Gasteiger charge is 2.18. The first-order chi connectivity index (χ1) is 14.4. The van der Waals surface area contributed by atoms with Crippen LogP contribution < -0.4 is 5.30 Å². The zero-order valence-corrected chi connectivity index (χ0v) is 16.4. The summed E-state index contributed by atoms with van der Waals surface area (Å²) in [5.41, 5.74) is -1.10. The van der Waals surface area contributed by atoms with E-state index in [1.807, 2.05) is 0 Å². The fourth-order valence-corrected chi connectivity index (χ4v) is 2.04. The number of aromatic hydroxyl groups is 3. The van der Waals surface area contributed by atoms with E-state index in [4.69, 9.17) is 15.3 Å². The number of hydrogen-bond acceptors (Lipinski definition) is 7. The third kappa shape index (κ3) is 8.15. The molecule has 3 aromatic rings. The second-order valence-electron chi connectivity index (χ2n) is 5.49. The van der Waals surface area contributed by atoms with Gasteiger partial charge >= 0.3 is 5.69 Å². The molecule has 0 saturated heterocycles. The van der Waals surface area contributed by atoms with Crippen molar-refractivity contribution in [3.05, 3.63) is 92.3 Å². The minimum Gasteiger partial charge on any atom is -0.507 e. The van der Waals surface area contributed by atoms with Crippen LogP contribution in [0.2, 0.25) is 0 Å². The highest BCUT2D eigenvalue weighted by molar-refractivity contribution is 7.27. The lowest BCUT2D eigenvalue weighted by molar-refractivity contribution is -0.394. The Bertz CT molecular complexity index is 1050. The molecule has 1 atom stereocenters. The van der Waals surface area contributed by atoms with E-state index in [0.29, 0.717) is 11.4 Å². The van der Waals surface area contributed by atoms with E-state index in [0.717, 1.165) is 30.3 Å². The van der Waals surface area contributed by atoms with Gasteiger partial charge in [0.25, 0.3) is 5.69 Å². The summed E-state index contributed by atoms with van der Waals surface area (Å²) in [6.45, 7) is 0. The van der Waals surface area contributed by atoms with Crippen molar-refractivity contribution in [2.24, 2.45) is 0 Å². The Kier molecular flexibility index (Phi) is 9.17. The molecule has 0 radical (unpaired) electrons. The number of benzene rings is 3. The maximum Gasteiger partial charge on any atom is 0.317 e. The number of nitrogens with zero attached hydrogens (tertiary/aromatic N) is 2. The molecule has 3 rings (SSSR count). The number of hydrogen-bond donors (Lipinski definition) is 3. The van der Waals surface area contributed by atoms with E-state index >= 15 is 0 Å². The number of nitro groups is 2.